The summed E-state index contributed by atoms with van der Waals surface area (Å²) in [5.74, 6) is 2.29. The molecule has 1 unspecified atom stereocenters. The third-order valence-electron chi connectivity index (χ3n) is 4.62. The summed E-state index contributed by atoms with van der Waals surface area (Å²) in [5, 5.41) is 8.69. The second-order valence-electron chi connectivity index (χ2n) is 7.11. The van der Waals surface area contributed by atoms with Gasteiger partial charge in [0, 0.05) is 6.61 Å². The Morgan fingerprint density at radius 3 is 1.67 bits per heavy atom. The Bertz CT molecular complexity index is 226. The first-order valence-electron chi connectivity index (χ1n) is 10.6. The molecule has 1 N–H and O–H groups in total. The van der Waals surface area contributed by atoms with Crippen LogP contribution in [-0.4, -0.2) is 29.4 Å². The van der Waals surface area contributed by atoms with E-state index in [1.807, 2.05) is 11.8 Å². The predicted molar refractivity (Wildman–Crippen MR) is 109 cm³/mol. The van der Waals surface area contributed by atoms with Crippen LogP contribution < -0.4 is 0 Å². The highest BCUT2D eigenvalue weighted by Gasteiger charge is 2.05. The molecule has 0 aliphatic carbocycles. The topological polar surface area (TPSA) is 20.2 Å². The summed E-state index contributed by atoms with van der Waals surface area (Å²) in [5.41, 5.74) is 0. The number of aliphatic hydroxyl groups is 1. The van der Waals surface area contributed by atoms with E-state index >= 15 is 0 Å². The lowest BCUT2D eigenvalue weighted by atomic mass is 10.0. The summed E-state index contributed by atoms with van der Waals surface area (Å²) < 4.78 is 13.8. The number of alkyl halides is 1. The van der Waals surface area contributed by atoms with E-state index in [0.717, 1.165) is 37.9 Å². The Labute approximate surface area is 155 Å². The average molecular weight is 363 g/mol. The molecule has 24 heavy (non-hydrogen) atoms. The number of aliphatic hydroxyl groups excluding tert-OH is 1. The maximum Gasteiger partial charge on any atom is 0.100 e. The highest BCUT2D eigenvalue weighted by atomic mass is 32.2. The van der Waals surface area contributed by atoms with Gasteiger partial charge in [0.15, 0.2) is 0 Å². The van der Waals surface area contributed by atoms with Gasteiger partial charge in [-0.1, -0.05) is 84.0 Å². The molecule has 0 aromatic carbocycles. The fraction of sp³-hybridized carbons (Fsp3) is 1.00. The second-order valence-corrected chi connectivity index (χ2v) is 8.33. The van der Waals surface area contributed by atoms with Gasteiger partial charge in [0.1, 0.15) is 6.17 Å². The molecule has 0 aliphatic rings. The SMILES string of the molecule is CCCCCCCCCCC(F)CCCCCCCSCCCO. The van der Waals surface area contributed by atoms with E-state index in [2.05, 4.69) is 6.92 Å². The maximum absolute atomic E-state index is 13.8. The van der Waals surface area contributed by atoms with Gasteiger partial charge in [-0.05, 0) is 37.2 Å². The van der Waals surface area contributed by atoms with Crippen molar-refractivity contribution < 1.29 is 9.50 Å². The van der Waals surface area contributed by atoms with Crippen molar-refractivity contribution in [1.82, 2.24) is 0 Å². The molecule has 0 rings (SSSR count). The molecular formula is C21H43FOS. The summed E-state index contributed by atoms with van der Waals surface area (Å²) in [6.45, 7) is 2.57. The van der Waals surface area contributed by atoms with Crippen LogP contribution in [0, 0.1) is 0 Å². The lowest BCUT2D eigenvalue weighted by Gasteiger charge is -2.08. The summed E-state index contributed by atoms with van der Waals surface area (Å²) in [6.07, 6.45) is 18.4. The van der Waals surface area contributed by atoms with Crippen LogP contribution in [-0.2, 0) is 0 Å². The third-order valence-corrected chi connectivity index (χ3v) is 5.78. The number of thioether (sulfide) groups is 1. The number of unbranched alkanes of at least 4 members (excludes halogenated alkanes) is 11. The van der Waals surface area contributed by atoms with Gasteiger partial charge in [0.05, 0.1) is 0 Å². The Balaban J connectivity index is 3.11. The molecule has 0 heterocycles. The maximum atomic E-state index is 13.8. The minimum Gasteiger partial charge on any atom is -0.396 e. The van der Waals surface area contributed by atoms with Crippen LogP contribution >= 0.6 is 11.8 Å². The molecule has 0 bridgehead atoms. The fourth-order valence-electron chi connectivity index (χ4n) is 3.01. The first-order valence-corrected chi connectivity index (χ1v) is 11.8. The van der Waals surface area contributed by atoms with Crippen LogP contribution in [0.4, 0.5) is 4.39 Å². The van der Waals surface area contributed by atoms with Gasteiger partial charge in [-0.3, -0.25) is 0 Å². The van der Waals surface area contributed by atoms with Gasteiger partial charge in [-0.15, -0.1) is 0 Å². The van der Waals surface area contributed by atoms with Crippen molar-refractivity contribution in [2.45, 2.75) is 116 Å². The molecule has 0 fully saturated rings. The van der Waals surface area contributed by atoms with Crippen molar-refractivity contribution in [3.8, 4) is 0 Å². The molecule has 0 aromatic rings. The second kappa shape index (κ2) is 21.3. The highest BCUT2D eigenvalue weighted by molar-refractivity contribution is 7.99. The summed E-state index contributed by atoms with van der Waals surface area (Å²) in [6, 6.07) is 0. The largest absolute Gasteiger partial charge is 0.396 e. The van der Waals surface area contributed by atoms with Crippen molar-refractivity contribution in [1.29, 1.82) is 0 Å². The molecular weight excluding hydrogens is 319 g/mol. The zero-order chi connectivity index (χ0) is 17.7. The molecule has 146 valence electrons. The molecule has 0 aromatic heterocycles. The van der Waals surface area contributed by atoms with E-state index in [1.54, 1.807) is 0 Å². The molecule has 1 nitrogen and oxygen atoms in total. The van der Waals surface area contributed by atoms with E-state index in [4.69, 9.17) is 5.11 Å². The summed E-state index contributed by atoms with van der Waals surface area (Å²) in [7, 11) is 0. The van der Waals surface area contributed by atoms with Crippen LogP contribution in [0.15, 0.2) is 0 Å². The third kappa shape index (κ3) is 20.3. The summed E-state index contributed by atoms with van der Waals surface area (Å²) in [4.78, 5) is 0. The molecule has 0 amide bonds. The fourth-order valence-corrected chi connectivity index (χ4v) is 3.96. The van der Waals surface area contributed by atoms with Gasteiger partial charge in [-0.25, -0.2) is 4.39 Å². The van der Waals surface area contributed by atoms with E-state index in [9.17, 15) is 4.39 Å². The monoisotopic (exact) mass is 362 g/mol. The van der Waals surface area contributed by atoms with Gasteiger partial charge in [-0.2, -0.15) is 11.8 Å². The van der Waals surface area contributed by atoms with Crippen LogP contribution in [0.2, 0.25) is 0 Å². The predicted octanol–water partition coefficient (Wildman–Crippen LogP) is 7.31. The number of rotatable bonds is 20. The lowest BCUT2D eigenvalue weighted by Crippen LogP contribution is -2.00. The van der Waals surface area contributed by atoms with Crippen LogP contribution in [0.25, 0.3) is 0 Å². The van der Waals surface area contributed by atoms with Crippen molar-refractivity contribution >= 4 is 11.8 Å². The van der Waals surface area contributed by atoms with Gasteiger partial charge < -0.3 is 5.11 Å². The van der Waals surface area contributed by atoms with E-state index in [0.29, 0.717) is 6.61 Å². The van der Waals surface area contributed by atoms with E-state index in [1.165, 1.54) is 76.4 Å². The normalized spacial score (nSPS) is 12.6. The molecule has 3 heteroatoms. The Kier molecular flexibility index (Phi) is 21.5. The Morgan fingerprint density at radius 1 is 0.667 bits per heavy atom. The Morgan fingerprint density at radius 2 is 1.12 bits per heavy atom. The van der Waals surface area contributed by atoms with Crippen molar-refractivity contribution in [3.63, 3.8) is 0 Å². The number of hydrogen-bond acceptors (Lipinski definition) is 2. The van der Waals surface area contributed by atoms with Gasteiger partial charge in [0.25, 0.3) is 0 Å². The zero-order valence-electron chi connectivity index (χ0n) is 16.2. The van der Waals surface area contributed by atoms with Crippen LogP contribution in [0.5, 0.6) is 0 Å². The van der Waals surface area contributed by atoms with E-state index in [-0.39, 0.29) is 0 Å². The Hall–Kier alpha value is 0.240. The first-order chi connectivity index (χ1) is 11.8. The standard InChI is InChI=1S/C21H43FOS/c1-2-3-4-5-6-7-9-12-16-21(22)17-13-10-8-11-14-19-24-20-15-18-23/h21,23H,2-20H2,1H3. The lowest BCUT2D eigenvalue weighted by molar-refractivity contribution is 0.279. The zero-order valence-corrected chi connectivity index (χ0v) is 17.1. The van der Waals surface area contributed by atoms with Crippen molar-refractivity contribution in [2.75, 3.05) is 18.1 Å². The van der Waals surface area contributed by atoms with E-state index < -0.39 is 6.17 Å². The quantitative estimate of drug-likeness (QED) is 0.229. The van der Waals surface area contributed by atoms with Crippen molar-refractivity contribution in [2.24, 2.45) is 0 Å². The molecule has 1 atom stereocenters. The molecule has 0 aliphatic heterocycles. The molecule has 0 spiro atoms. The minimum absolute atomic E-state index is 0.316. The summed E-state index contributed by atoms with van der Waals surface area (Å²) >= 11 is 1.94. The highest BCUT2D eigenvalue weighted by Crippen LogP contribution is 2.17. The molecule has 0 saturated heterocycles. The van der Waals surface area contributed by atoms with Gasteiger partial charge >= 0.3 is 0 Å². The number of hydrogen-bond donors (Lipinski definition) is 1. The van der Waals surface area contributed by atoms with Crippen LogP contribution in [0.1, 0.15) is 110 Å². The smallest absolute Gasteiger partial charge is 0.100 e. The molecule has 0 saturated carbocycles. The minimum atomic E-state index is -0.556. The molecule has 0 radical (unpaired) electrons. The number of halogens is 1. The van der Waals surface area contributed by atoms with Crippen LogP contribution in [0.3, 0.4) is 0 Å². The average Bonchev–Trinajstić information content (AvgIpc) is 2.59. The first kappa shape index (κ1) is 24.2. The van der Waals surface area contributed by atoms with Crippen molar-refractivity contribution in [3.05, 3.63) is 0 Å². The van der Waals surface area contributed by atoms with Gasteiger partial charge in [0.2, 0.25) is 0 Å².